The summed E-state index contributed by atoms with van der Waals surface area (Å²) in [7, 11) is -1.22. The Morgan fingerprint density at radius 2 is 1.61 bits per heavy atom. The van der Waals surface area contributed by atoms with E-state index in [-0.39, 0.29) is 6.54 Å². The van der Waals surface area contributed by atoms with E-state index in [1.165, 1.54) is 18.5 Å². The van der Waals surface area contributed by atoms with Gasteiger partial charge in [0.2, 0.25) is 10.0 Å². The Hall–Kier alpha value is -2.97. The summed E-state index contributed by atoms with van der Waals surface area (Å²) in [6.07, 6.45) is 0.404. The zero-order valence-corrected chi connectivity index (χ0v) is 17.8. The molecule has 5 nitrogen and oxygen atoms in total. The first-order valence-corrected chi connectivity index (χ1v) is 11.1. The van der Waals surface area contributed by atoms with Gasteiger partial charge in [-0.25, -0.2) is 17.2 Å². The van der Waals surface area contributed by atoms with Crippen LogP contribution in [0, 0.1) is 11.6 Å². The third-order valence-corrected chi connectivity index (χ3v) is 7.32. The lowest BCUT2D eigenvalue weighted by atomic mass is 9.89. The second-order valence-electron chi connectivity index (χ2n) is 7.16. The predicted octanol–water partition coefficient (Wildman–Crippen LogP) is 4.32. The smallest absolute Gasteiger partial charge is 0.246 e. The van der Waals surface area contributed by atoms with E-state index in [1.54, 1.807) is 6.07 Å². The van der Waals surface area contributed by atoms with Crippen molar-refractivity contribution in [1.82, 2.24) is 4.31 Å². The number of hydrogen-bond donors (Lipinski definition) is 0. The minimum atomic E-state index is -4.27. The maximum atomic E-state index is 14.5. The SMILES string of the molecule is COc1cc2c(cc1OC)C(c1ccccc1)N(S(=O)(=O)c1ccc(F)cc1F)CC2. The molecule has 1 aliphatic rings. The van der Waals surface area contributed by atoms with Crippen LogP contribution in [0.2, 0.25) is 0 Å². The molecule has 0 spiro atoms. The molecule has 162 valence electrons. The Labute approximate surface area is 179 Å². The fourth-order valence-corrected chi connectivity index (χ4v) is 5.62. The molecule has 8 heteroatoms. The van der Waals surface area contributed by atoms with E-state index in [2.05, 4.69) is 0 Å². The molecule has 3 aromatic rings. The monoisotopic (exact) mass is 445 g/mol. The highest BCUT2D eigenvalue weighted by atomic mass is 32.2. The van der Waals surface area contributed by atoms with Crippen LogP contribution in [0.1, 0.15) is 22.7 Å². The van der Waals surface area contributed by atoms with Crippen LogP contribution in [0.3, 0.4) is 0 Å². The summed E-state index contributed by atoms with van der Waals surface area (Å²) >= 11 is 0. The molecule has 0 fully saturated rings. The maximum Gasteiger partial charge on any atom is 0.246 e. The number of halogens is 2. The van der Waals surface area contributed by atoms with Gasteiger partial charge in [0.25, 0.3) is 0 Å². The summed E-state index contributed by atoms with van der Waals surface area (Å²) in [5.74, 6) is -0.940. The molecule has 0 saturated carbocycles. The summed E-state index contributed by atoms with van der Waals surface area (Å²) in [5.41, 5.74) is 2.36. The molecular weight excluding hydrogens is 424 g/mol. The van der Waals surface area contributed by atoms with E-state index < -0.39 is 32.6 Å². The summed E-state index contributed by atoms with van der Waals surface area (Å²) in [6, 6.07) is 14.5. The van der Waals surface area contributed by atoms with Gasteiger partial charge in [0, 0.05) is 12.6 Å². The molecule has 0 aliphatic carbocycles. The van der Waals surface area contributed by atoms with Gasteiger partial charge >= 0.3 is 0 Å². The van der Waals surface area contributed by atoms with Gasteiger partial charge in [0.15, 0.2) is 11.5 Å². The summed E-state index contributed by atoms with van der Waals surface area (Å²) in [4.78, 5) is -0.557. The van der Waals surface area contributed by atoms with Crippen LogP contribution in [-0.4, -0.2) is 33.5 Å². The fourth-order valence-electron chi connectivity index (χ4n) is 3.97. The van der Waals surface area contributed by atoms with E-state index in [4.69, 9.17) is 9.47 Å². The Morgan fingerprint density at radius 1 is 0.935 bits per heavy atom. The highest BCUT2D eigenvalue weighted by molar-refractivity contribution is 7.89. The van der Waals surface area contributed by atoms with Crippen LogP contribution in [0.15, 0.2) is 65.6 Å². The highest BCUT2D eigenvalue weighted by Gasteiger charge is 2.39. The third kappa shape index (κ3) is 3.77. The number of methoxy groups -OCH3 is 2. The quantitative estimate of drug-likeness (QED) is 0.587. The lowest BCUT2D eigenvalue weighted by Crippen LogP contribution is -2.41. The summed E-state index contributed by atoms with van der Waals surface area (Å²) in [6.45, 7) is 0.126. The number of hydrogen-bond acceptors (Lipinski definition) is 4. The Bertz CT molecular complexity index is 1220. The molecule has 1 aliphatic heterocycles. The topological polar surface area (TPSA) is 55.8 Å². The molecule has 0 bridgehead atoms. The average Bonchev–Trinajstić information content (AvgIpc) is 2.77. The molecule has 0 radical (unpaired) electrons. The Kier molecular flexibility index (Phi) is 5.68. The van der Waals surface area contributed by atoms with Crippen LogP contribution in [-0.2, 0) is 16.4 Å². The van der Waals surface area contributed by atoms with Gasteiger partial charge in [0.1, 0.15) is 16.5 Å². The van der Waals surface area contributed by atoms with E-state index >= 15 is 0 Å². The molecule has 1 atom stereocenters. The minimum absolute atomic E-state index is 0.126. The Morgan fingerprint density at radius 3 is 2.26 bits per heavy atom. The molecule has 0 amide bonds. The molecule has 1 unspecified atom stereocenters. The van der Waals surface area contributed by atoms with Gasteiger partial charge in [-0.2, -0.15) is 4.31 Å². The summed E-state index contributed by atoms with van der Waals surface area (Å²) < 4.78 is 66.9. The fraction of sp³-hybridized carbons (Fsp3) is 0.217. The normalized spacial score (nSPS) is 16.6. The first-order valence-electron chi connectivity index (χ1n) is 9.63. The van der Waals surface area contributed by atoms with Crippen molar-refractivity contribution >= 4 is 10.0 Å². The van der Waals surface area contributed by atoms with Crippen molar-refractivity contribution in [3.05, 3.63) is 89.0 Å². The van der Waals surface area contributed by atoms with E-state index in [9.17, 15) is 17.2 Å². The molecule has 4 rings (SSSR count). The number of rotatable bonds is 5. The lowest BCUT2D eigenvalue weighted by Gasteiger charge is -2.37. The second kappa shape index (κ2) is 8.28. The van der Waals surface area contributed by atoms with Gasteiger partial charge in [0.05, 0.1) is 20.3 Å². The van der Waals surface area contributed by atoms with Crippen molar-refractivity contribution in [1.29, 1.82) is 0 Å². The largest absolute Gasteiger partial charge is 0.493 e. The third-order valence-electron chi connectivity index (χ3n) is 5.43. The standard InChI is InChI=1S/C23H21F2NO4S/c1-29-20-12-16-10-11-26(31(27,28)22-9-8-17(24)13-19(22)25)23(15-6-4-3-5-7-15)18(16)14-21(20)30-2/h3-9,12-14,23H,10-11H2,1-2H3. The van der Waals surface area contributed by atoms with E-state index in [0.29, 0.717) is 24.0 Å². The number of fused-ring (bicyclic) bond motifs is 1. The van der Waals surface area contributed by atoms with Crippen LogP contribution in [0.5, 0.6) is 11.5 Å². The van der Waals surface area contributed by atoms with Crippen LogP contribution in [0.25, 0.3) is 0 Å². The van der Waals surface area contributed by atoms with E-state index in [1.807, 2.05) is 36.4 Å². The molecule has 0 saturated heterocycles. The second-order valence-corrected chi connectivity index (χ2v) is 9.02. The molecule has 0 N–H and O–H groups in total. The van der Waals surface area contributed by atoms with Crippen molar-refractivity contribution in [2.24, 2.45) is 0 Å². The highest BCUT2D eigenvalue weighted by Crippen LogP contribution is 2.43. The van der Waals surface area contributed by atoms with Crippen molar-refractivity contribution in [3.63, 3.8) is 0 Å². The predicted molar refractivity (Wildman–Crippen MR) is 112 cm³/mol. The van der Waals surface area contributed by atoms with Gasteiger partial charge in [-0.15, -0.1) is 0 Å². The van der Waals surface area contributed by atoms with Gasteiger partial charge < -0.3 is 9.47 Å². The average molecular weight is 445 g/mol. The first kappa shape index (κ1) is 21.3. The van der Waals surface area contributed by atoms with Gasteiger partial charge in [-0.05, 0) is 47.4 Å². The Balaban J connectivity index is 1.91. The summed E-state index contributed by atoms with van der Waals surface area (Å²) in [5, 5.41) is 0. The molecule has 31 heavy (non-hydrogen) atoms. The number of benzene rings is 3. The number of nitrogens with zero attached hydrogens (tertiary/aromatic N) is 1. The minimum Gasteiger partial charge on any atom is -0.493 e. The van der Waals surface area contributed by atoms with Crippen molar-refractivity contribution in [2.45, 2.75) is 17.4 Å². The molecule has 1 heterocycles. The first-order chi connectivity index (χ1) is 14.9. The van der Waals surface area contributed by atoms with Crippen molar-refractivity contribution < 1.29 is 26.7 Å². The molecule has 3 aromatic carbocycles. The maximum absolute atomic E-state index is 14.5. The van der Waals surface area contributed by atoms with Crippen LogP contribution >= 0.6 is 0 Å². The van der Waals surface area contributed by atoms with Crippen molar-refractivity contribution in [3.8, 4) is 11.5 Å². The van der Waals surface area contributed by atoms with Crippen molar-refractivity contribution in [2.75, 3.05) is 20.8 Å². The zero-order valence-electron chi connectivity index (χ0n) is 17.0. The van der Waals surface area contributed by atoms with Crippen LogP contribution < -0.4 is 9.47 Å². The number of ether oxygens (including phenoxy) is 2. The van der Waals surface area contributed by atoms with Gasteiger partial charge in [-0.1, -0.05) is 30.3 Å². The number of sulfonamides is 1. The zero-order chi connectivity index (χ0) is 22.2. The lowest BCUT2D eigenvalue weighted by molar-refractivity contribution is 0.331. The molecular formula is C23H21F2NO4S. The van der Waals surface area contributed by atoms with Gasteiger partial charge in [-0.3, -0.25) is 0 Å². The molecule has 0 aromatic heterocycles. The van der Waals surface area contributed by atoms with Crippen LogP contribution in [0.4, 0.5) is 8.78 Å². The van der Waals surface area contributed by atoms with E-state index in [0.717, 1.165) is 28.8 Å².